The van der Waals surface area contributed by atoms with Gasteiger partial charge in [-0.2, -0.15) is 5.82 Å². The van der Waals surface area contributed by atoms with E-state index in [2.05, 4.69) is 30.8 Å². The van der Waals surface area contributed by atoms with Gasteiger partial charge in [0.25, 0.3) is 0 Å². The molecule has 0 spiro atoms. The molecule has 14 heavy (non-hydrogen) atoms. The third kappa shape index (κ3) is 11.6. The Hall–Kier alpha value is -0.430. The standard InChI is InChI=1S/C9H19B2NO2/c1-9(2)10-4-3-6-14-7-5-12-11-8-13/h9-13H,5-8H2,1-2H3. The lowest BCUT2D eigenvalue weighted by atomic mass is 9.67. The number of hydrogen-bond acceptors (Lipinski definition) is 3. The highest BCUT2D eigenvalue weighted by Crippen LogP contribution is 1.93. The highest BCUT2D eigenvalue weighted by atomic mass is 16.5. The van der Waals surface area contributed by atoms with E-state index >= 15 is 0 Å². The van der Waals surface area contributed by atoms with E-state index in [4.69, 9.17) is 9.84 Å². The van der Waals surface area contributed by atoms with Crippen LogP contribution in [-0.2, 0) is 4.74 Å². The Kier molecular flexibility index (Phi) is 10.3. The Morgan fingerprint density at radius 3 is 2.93 bits per heavy atom. The van der Waals surface area contributed by atoms with Crippen LogP contribution >= 0.6 is 0 Å². The van der Waals surface area contributed by atoms with Crippen LogP contribution in [0.15, 0.2) is 0 Å². The molecule has 0 amide bonds. The smallest absolute Gasteiger partial charge is 0.230 e. The van der Waals surface area contributed by atoms with Crippen molar-refractivity contribution in [1.82, 2.24) is 5.23 Å². The largest absolute Gasteiger partial charge is 0.403 e. The fourth-order valence-electron chi connectivity index (χ4n) is 0.799. The van der Waals surface area contributed by atoms with E-state index in [1.54, 1.807) is 0 Å². The van der Waals surface area contributed by atoms with Crippen LogP contribution < -0.4 is 5.23 Å². The summed E-state index contributed by atoms with van der Waals surface area (Å²) in [5.74, 6) is 6.64. The molecular formula is C9H19B2NO2. The topological polar surface area (TPSA) is 41.5 Å². The summed E-state index contributed by atoms with van der Waals surface area (Å²) >= 11 is 0. The van der Waals surface area contributed by atoms with Crippen LogP contribution in [0.5, 0.6) is 0 Å². The molecule has 0 unspecified atom stereocenters. The fraction of sp³-hybridized carbons (Fsp3) is 0.778. The number of ether oxygens (including phenoxy) is 1. The molecule has 0 radical (unpaired) electrons. The monoisotopic (exact) mass is 195 g/mol. The quantitative estimate of drug-likeness (QED) is 0.315. The summed E-state index contributed by atoms with van der Waals surface area (Å²) in [5.41, 5.74) is 0. The zero-order chi connectivity index (χ0) is 10.6. The SMILES string of the molecule is CC(C)BC#CCOCCNBCO. The Labute approximate surface area is 88.1 Å². The first-order chi connectivity index (χ1) is 6.77. The highest BCUT2D eigenvalue weighted by Gasteiger charge is 1.90. The summed E-state index contributed by atoms with van der Waals surface area (Å²) in [4.78, 5) is 0. The molecule has 0 bridgehead atoms. The average Bonchev–Trinajstić information content (AvgIpc) is 2.15. The molecule has 0 saturated heterocycles. The van der Waals surface area contributed by atoms with Gasteiger partial charge in [-0.25, -0.2) is 0 Å². The summed E-state index contributed by atoms with van der Waals surface area (Å²) < 4.78 is 5.24. The van der Waals surface area contributed by atoms with Crippen LogP contribution in [0.3, 0.4) is 0 Å². The molecule has 0 rings (SSSR count). The normalized spacial score (nSPS) is 9.43. The van der Waals surface area contributed by atoms with Crippen molar-refractivity contribution >= 4 is 14.7 Å². The van der Waals surface area contributed by atoms with Crippen molar-refractivity contribution in [1.29, 1.82) is 0 Å². The van der Waals surface area contributed by atoms with E-state index < -0.39 is 0 Å². The number of nitrogens with one attached hydrogen (secondary N) is 1. The third-order valence-corrected chi connectivity index (χ3v) is 1.52. The van der Waals surface area contributed by atoms with Crippen LogP contribution in [-0.4, -0.2) is 46.1 Å². The lowest BCUT2D eigenvalue weighted by molar-refractivity contribution is 0.172. The van der Waals surface area contributed by atoms with E-state index in [-0.39, 0.29) is 6.51 Å². The van der Waals surface area contributed by atoms with Crippen LogP contribution in [0.2, 0.25) is 5.82 Å². The first-order valence-electron chi connectivity index (χ1n) is 5.12. The molecule has 0 saturated carbocycles. The maximum atomic E-state index is 8.47. The van der Waals surface area contributed by atoms with Crippen molar-refractivity contribution < 1.29 is 9.84 Å². The van der Waals surface area contributed by atoms with Gasteiger partial charge in [-0.15, -0.1) is 0 Å². The highest BCUT2D eigenvalue weighted by molar-refractivity contribution is 6.47. The Balaban J connectivity index is 3.07. The van der Waals surface area contributed by atoms with E-state index in [1.807, 2.05) is 0 Å². The number of aliphatic hydroxyl groups excluding tert-OH is 1. The van der Waals surface area contributed by atoms with Gasteiger partial charge in [-0.05, 0) is 0 Å². The molecule has 0 aromatic rings. The summed E-state index contributed by atoms with van der Waals surface area (Å²) in [7, 11) is 1.56. The Morgan fingerprint density at radius 2 is 2.29 bits per heavy atom. The minimum atomic E-state index is 0.175. The van der Waals surface area contributed by atoms with E-state index in [1.165, 1.54) is 0 Å². The number of rotatable bonds is 7. The van der Waals surface area contributed by atoms with Crippen molar-refractivity contribution in [2.75, 3.05) is 26.3 Å². The second kappa shape index (κ2) is 10.6. The zero-order valence-electron chi connectivity index (χ0n) is 9.18. The molecule has 0 aliphatic heterocycles. The summed E-state index contributed by atoms with van der Waals surface area (Å²) in [6.07, 6.45) is 0. The number of aliphatic hydroxyl groups is 1. The van der Waals surface area contributed by atoms with Gasteiger partial charge in [0.05, 0.1) is 6.61 Å². The van der Waals surface area contributed by atoms with Crippen LogP contribution in [0.4, 0.5) is 0 Å². The van der Waals surface area contributed by atoms with Crippen molar-refractivity contribution in [2.45, 2.75) is 19.7 Å². The Bertz CT molecular complexity index is 177. The second-order valence-corrected chi connectivity index (χ2v) is 3.48. The lowest BCUT2D eigenvalue weighted by Crippen LogP contribution is -2.26. The van der Waals surface area contributed by atoms with Crippen molar-refractivity contribution in [2.24, 2.45) is 0 Å². The molecule has 0 aromatic heterocycles. The second-order valence-electron chi connectivity index (χ2n) is 3.48. The number of hydrogen-bond donors (Lipinski definition) is 2. The van der Waals surface area contributed by atoms with Crippen molar-refractivity contribution in [3.05, 3.63) is 0 Å². The molecule has 2 N–H and O–H groups in total. The maximum absolute atomic E-state index is 8.47. The Morgan fingerprint density at radius 1 is 1.50 bits per heavy atom. The van der Waals surface area contributed by atoms with E-state index in [9.17, 15) is 0 Å². The molecule has 0 heterocycles. The minimum Gasteiger partial charge on any atom is -0.403 e. The first-order valence-corrected chi connectivity index (χ1v) is 5.12. The van der Waals surface area contributed by atoms with Gasteiger partial charge in [0.1, 0.15) is 6.61 Å². The van der Waals surface area contributed by atoms with Crippen molar-refractivity contribution in [3.63, 3.8) is 0 Å². The molecular weight excluding hydrogens is 176 g/mol. The summed E-state index contributed by atoms with van der Waals surface area (Å²) in [5, 5.41) is 11.5. The third-order valence-electron chi connectivity index (χ3n) is 1.52. The van der Waals surface area contributed by atoms with Gasteiger partial charge in [0.15, 0.2) is 0 Å². The minimum absolute atomic E-state index is 0.175. The lowest BCUT2D eigenvalue weighted by Gasteiger charge is -2.00. The predicted molar refractivity (Wildman–Crippen MR) is 63.1 cm³/mol. The molecule has 0 aliphatic rings. The van der Waals surface area contributed by atoms with Gasteiger partial charge in [-0.3, -0.25) is 0 Å². The molecule has 0 fully saturated rings. The van der Waals surface area contributed by atoms with Gasteiger partial charge < -0.3 is 15.1 Å². The van der Waals surface area contributed by atoms with Gasteiger partial charge >= 0.3 is 0 Å². The van der Waals surface area contributed by atoms with E-state index in [0.29, 0.717) is 26.4 Å². The molecule has 3 nitrogen and oxygen atoms in total. The van der Waals surface area contributed by atoms with Gasteiger partial charge in [0.2, 0.25) is 14.7 Å². The van der Waals surface area contributed by atoms with Crippen molar-refractivity contribution in [3.8, 4) is 11.7 Å². The molecule has 0 aromatic carbocycles. The molecule has 5 heteroatoms. The zero-order valence-corrected chi connectivity index (χ0v) is 9.18. The van der Waals surface area contributed by atoms with Gasteiger partial charge in [0, 0.05) is 13.1 Å². The molecule has 0 aliphatic carbocycles. The summed E-state index contributed by atoms with van der Waals surface area (Å²) in [6, 6.07) is 0. The maximum Gasteiger partial charge on any atom is 0.230 e. The first kappa shape index (κ1) is 13.6. The van der Waals surface area contributed by atoms with Crippen LogP contribution in [0.25, 0.3) is 0 Å². The molecule has 0 atom stereocenters. The fourth-order valence-corrected chi connectivity index (χ4v) is 0.799. The predicted octanol–water partition coefficient (Wildman–Crippen LogP) is -0.880. The average molecular weight is 195 g/mol. The van der Waals surface area contributed by atoms with Crippen LogP contribution in [0, 0.1) is 11.7 Å². The van der Waals surface area contributed by atoms with Gasteiger partial charge in [-0.1, -0.05) is 25.6 Å². The summed E-state index contributed by atoms with van der Waals surface area (Å²) in [6.45, 7) is 6.40. The molecule has 78 valence electrons. The van der Waals surface area contributed by atoms with E-state index in [0.717, 1.165) is 13.8 Å². The van der Waals surface area contributed by atoms with Crippen LogP contribution in [0.1, 0.15) is 13.8 Å².